The van der Waals surface area contributed by atoms with Crippen molar-refractivity contribution in [2.75, 3.05) is 14.2 Å². The van der Waals surface area contributed by atoms with Gasteiger partial charge in [0, 0.05) is 24.3 Å². The van der Waals surface area contributed by atoms with Gasteiger partial charge in [0.15, 0.2) is 6.29 Å². The summed E-state index contributed by atoms with van der Waals surface area (Å²) in [5.41, 5.74) is 1.43. The van der Waals surface area contributed by atoms with Crippen LogP contribution in [0.2, 0.25) is 0 Å². The fourth-order valence-electron chi connectivity index (χ4n) is 1.88. The molecule has 0 aliphatic carbocycles. The Labute approximate surface area is 132 Å². The summed E-state index contributed by atoms with van der Waals surface area (Å²) in [6, 6.07) is 14.6. The van der Waals surface area contributed by atoms with Crippen molar-refractivity contribution < 1.29 is 14.2 Å². The van der Waals surface area contributed by atoms with Crippen LogP contribution in [-0.2, 0) is 9.47 Å². The van der Waals surface area contributed by atoms with E-state index in [2.05, 4.69) is 22.0 Å². The van der Waals surface area contributed by atoms with E-state index in [-0.39, 0.29) is 0 Å². The van der Waals surface area contributed by atoms with Crippen LogP contribution in [0.25, 0.3) is 0 Å². The first-order chi connectivity index (χ1) is 10.2. The molecule has 0 aliphatic heterocycles. The summed E-state index contributed by atoms with van der Waals surface area (Å²) in [5.74, 6) is 1.27. The average Bonchev–Trinajstić information content (AvgIpc) is 2.50. The summed E-state index contributed by atoms with van der Waals surface area (Å²) in [6.07, 6.45) is -0.435. The molecule has 0 unspecified atom stereocenters. The molecule has 0 bridgehead atoms. The lowest BCUT2D eigenvalue weighted by atomic mass is 10.2. The molecule has 0 aromatic heterocycles. The summed E-state index contributed by atoms with van der Waals surface area (Å²) >= 11 is 3.48. The Morgan fingerprint density at radius 3 is 2.38 bits per heavy atom. The maximum atomic E-state index is 8.88. The van der Waals surface area contributed by atoms with Crippen LogP contribution < -0.4 is 4.74 Å². The molecule has 0 saturated heterocycles. The van der Waals surface area contributed by atoms with Gasteiger partial charge in [0.1, 0.15) is 11.5 Å². The van der Waals surface area contributed by atoms with Gasteiger partial charge in [-0.05, 0) is 36.4 Å². The Bertz CT molecular complexity index is 663. The third kappa shape index (κ3) is 3.82. The van der Waals surface area contributed by atoms with Crippen LogP contribution in [0.15, 0.2) is 46.9 Å². The molecular weight excluding hydrogens is 334 g/mol. The van der Waals surface area contributed by atoms with Gasteiger partial charge < -0.3 is 14.2 Å². The van der Waals surface area contributed by atoms with Gasteiger partial charge in [0.2, 0.25) is 0 Å². The second kappa shape index (κ2) is 7.23. The van der Waals surface area contributed by atoms with Crippen molar-refractivity contribution in [3.8, 4) is 17.6 Å². The molecule has 0 saturated carbocycles. The van der Waals surface area contributed by atoms with E-state index in [1.54, 1.807) is 38.5 Å². The van der Waals surface area contributed by atoms with E-state index in [1.807, 2.05) is 18.2 Å². The standard InChI is InChI=1S/C16H14BrNO3/c1-19-16(20-2)14-7-6-13(9-15(14)17)21-12-5-3-4-11(8-12)10-18/h3-9,16H,1-2H3. The second-order valence-corrected chi connectivity index (χ2v) is 5.08. The smallest absolute Gasteiger partial charge is 0.184 e. The van der Waals surface area contributed by atoms with E-state index >= 15 is 0 Å². The SMILES string of the molecule is COC(OC)c1ccc(Oc2cccc(C#N)c2)cc1Br. The van der Waals surface area contributed by atoms with Crippen molar-refractivity contribution in [2.24, 2.45) is 0 Å². The zero-order chi connectivity index (χ0) is 15.2. The van der Waals surface area contributed by atoms with Gasteiger partial charge in [-0.1, -0.05) is 22.0 Å². The highest BCUT2D eigenvalue weighted by Crippen LogP contribution is 2.31. The van der Waals surface area contributed by atoms with Crippen LogP contribution in [-0.4, -0.2) is 14.2 Å². The van der Waals surface area contributed by atoms with Crippen LogP contribution in [0.1, 0.15) is 17.4 Å². The predicted molar refractivity (Wildman–Crippen MR) is 82.1 cm³/mol. The van der Waals surface area contributed by atoms with Gasteiger partial charge in [0.25, 0.3) is 0 Å². The zero-order valence-corrected chi connectivity index (χ0v) is 13.3. The summed E-state index contributed by atoms with van der Waals surface area (Å²) in [7, 11) is 3.16. The van der Waals surface area contributed by atoms with Gasteiger partial charge in [-0.2, -0.15) is 5.26 Å². The van der Waals surface area contributed by atoms with E-state index in [9.17, 15) is 0 Å². The number of methoxy groups -OCH3 is 2. The predicted octanol–water partition coefficient (Wildman–Crippen LogP) is 4.40. The van der Waals surface area contributed by atoms with Crippen molar-refractivity contribution in [2.45, 2.75) is 6.29 Å². The number of benzene rings is 2. The normalized spacial score (nSPS) is 10.4. The first-order valence-electron chi connectivity index (χ1n) is 6.21. The number of nitriles is 1. The molecule has 2 aromatic carbocycles. The van der Waals surface area contributed by atoms with Gasteiger partial charge in [-0.15, -0.1) is 0 Å². The highest BCUT2D eigenvalue weighted by atomic mass is 79.9. The highest BCUT2D eigenvalue weighted by Gasteiger charge is 2.13. The minimum Gasteiger partial charge on any atom is -0.457 e. The molecule has 5 heteroatoms. The highest BCUT2D eigenvalue weighted by molar-refractivity contribution is 9.10. The maximum Gasteiger partial charge on any atom is 0.184 e. The lowest BCUT2D eigenvalue weighted by Gasteiger charge is -2.16. The fourth-order valence-corrected chi connectivity index (χ4v) is 2.42. The lowest BCUT2D eigenvalue weighted by Crippen LogP contribution is -2.04. The summed E-state index contributed by atoms with van der Waals surface area (Å²) in [4.78, 5) is 0. The summed E-state index contributed by atoms with van der Waals surface area (Å²) in [5, 5.41) is 8.88. The van der Waals surface area contributed by atoms with Crippen molar-refractivity contribution in [3.63, 3.8) is 0 Å². The molecule has 0 fully saturated rings. The molecule has 0 radical (unpaired) electrons. The molecule has 0 heterocycles. The quantitative estimate of drug-likeness (QED) is 0.752. The second-order valence-electron chi connectivity index (χ2n) is 4.23. The molecule has 0 amide bonds. The molecular formula is C16H14BrNO3. The first-order valence-corrected chi connectivity index (χ1v) is 7.00. The minimum absolute atomic E-state index is 0.435. The van der Waals surface area contributed by atoms with Crippen molar-refractivity contribution in [1.82, 2.24) is 0 Å². The Balaban J connectivity index is 2.22. The van der Waals surface area contributed by atoms with E-state index in [0.29, 0.717) is 17.1 Å². The fraction of sp³-hybridized carbons (Fsp3) is 0.188. The van der Waals surface area contributed by atoms with Gasteiger partial charge in [-0.3, -0.25) is 0 Å². The summed E-state index contributed by atoms with van der Waals surface area (Å²) in [6.45, 7) is 0. The maximum absolute atomic E-state index is 8.88. The molecule has 108 valence electrons. The van der Waals surface area contributed by atoms with Crippen LogP contribution >= 0.6 is 15.9 Å². The monoisotopic (exact) mass is 347 g/mol. The first kappa shape index (κ1) is 15.5. The Morgan fingerprint density at radius 2 is 1.76 bits per heavy atom. The molecule has 4 nitrogen and oxygen atoms in total. The Kier molecular flexibility index (Phi) is 5.34. The van der Waals surface area contributed by atoms with Crippen molar-refractivity contribution in [3.05, 3.63) is 58.1 Å². The van der Waals surface area contributed by atoms with Crippen LogP contribution in [0, 0.1) is 11.3 Å². The zero-order valence-electron chi connectivity index (χ0n) is 11.7. The summed E-state index contributed by atoms with van der Waals surface area (Å²) < 4.78 is 17.0. The molecule has 21 heavy (non-hydrogen) atoms. The van der Waals surface area contributed by atoms with Gasteiger partial charge >= 0.3 is 0 Å². The van der Waals surface area contributed by atoms with E-state index in [1.165, 1.54) is 0 Å². The van der Waals surface area contributed by atoms with Crippen molar-refractivity contribution >= 4 is 15.9 Å². The number of hydrogen-bond acceptors (Lipinski definition) is 4. The minimum atomic E-state index is -0.435. The van der Waals surface area contributed by atoms with Gasteiger partial charge in [0.05, 0.1) is 11.6 Å². The van der Waals surface area contributed by atoms with E-state index in [4.69, 9.17) is 19.5 Å². The van der Waals surface area contributed by atoms with Crippen LogP contribution in [0.3, 0.4) is 0 Å². The largest absolute Gasteiger partial charge is 0.457 e. The number of halogens is 1. The third-order valence-corrected chi connectivity index (χ3v) is 3.54. The van der Waals surface area contributed by atoms with E-state index < -0.39 is 6.29 Å². The molecule has 0 atom stereocenters. The Morgan fingerprint density at radius 1 is 1.05 bits per heavy atom. The Hall–Kier alpha value is -1.87. The number of hydrogen-bond donors (Lipinski definition) is 0. The molecule has 0 aliphatic rings. The molecule has 2 rings (SSSR count). The third-order valence-electron chi connectivity index (χ3n) is 2.85. The number of nitrogens with zero attached hydrogens (tertiary/aromatic N) is 1. The van der Waals surface area contributed by atoms with Gasteiger partial charge in [-0.25, -0.2) is 0 Å². The lowest BCUT2D eigenvalue weighted by molar-refractivity contribution is -0.106. The number of rotatable bonds is 5. The van der Waals surface area contributed by atoms with E-state index in [0.717, 1.165) is 10.0 Å². The molecule has 0 spiro atoms. The van der Waals surface area contributed by atoms with Crippen LogP contribution in [0.5, 0.6) is 11.5 Å². The van der Waals surface area contributed by atoms with Crippen LogP contribution in [0.4, 0.5) is 0 Å². The molecule has 0 N–H and O–H groups in total. The topological polar surface area (TPSA) is 51.5 Å². The number of ether oxygens (including phenoxy) is 3. The molecule has 2 aromatic rings. The van der Waals surface area contributed by atoms with Crippen molar-refractivity contribution in [1.29, 1.82) is 5.26 Å². The average molecular weight is 348 g/mol.